The van der Waals surface area contributed by atoms with Crippen LogP contribution >= 0.6 is 0 Å². The fourth-order valence-corrected chi connectivity index (χ4v) is 11.2. The monoisotopic (exact) mass is 1280 g/mol. The summed E-state index contributed by atoms with van der Waals surface area (Å²) in [5.74, 6) is 0. The van der Waals surface area contributed by atoms with Crippen molar-refractivity contribution in [3.8, 4) is 0 Å². The molecule has 2 nitrogen and oxygen atoms in total. The van der Waals surface area contributed by atoms with E-state index in [0.717, 1.165) is 34.1 Å². The molecule has 0 aliphatic heterocycles. The second kappa shape index (κ2) is 34.2. The van der Waals surface area contributed by atoms with Crippen molar-refractivity contribution < 1.29 is 0 Å². The highest BCUT2D eigenvalue weighted by Gasteiger charge is 2.18. The number of para-hydroxylation sites is 4. The van der Waals surface area contributed by atoms with E-state index < -0.39 is 0 Å². The predicted molar refractivity (Wildman–Crippen MR) is 429 cm³/mol. The summed E-state index contributed by atoms with van der Waals surface area (Å²) in [5, 5.41) is 0. The molecule has 0 amide bonds. The largest absolute Gasteiger partial charge is 0.311 e. The maximum absolute atomic E-state index is 2.34. The van der Waals surface area contributed by atoms with E-state index in [1.165, 1.54) is 66.8 Å². The fourth-order valence-electron chi connectivity index (χ4n) is 11.2. The average molecular weight is 1280 g/mol. The number of hydrogen-bond acceptors (Lipinski definition) is 2. The Hall–Kier alpha value is -10.8. The smallest absolute Gasteiger partial charge is 0.0462 e. The molecule has 12 aromatic rings. The lowest BCUT2D eigenvalue weighted by atomic mass is 9.85. The second-order valence-electron chi connectivity index (χ2n) is 28.9. The highest BCUT2D eigenvalue weighted by molar-refractivity contribution is 5.92. The minimum absolute atomic E-state index is 0.108. The van der Waals surface area contributed by atoms with E-state index in [4.69, 9.17) is 0 Å². The minimum Gasteiger partial charge on any atom is -0.311 e. The van der Waals surface area contributed by atoms with Crippen LogP contribution in [0.3, 0.4) is 0 Å². The Kier molecular flexibility index (Phi) is 25.0. The second-order valence-corrected chi connectivity index (χ2v) is 28.9. The average Bonchev–Trinajstić information content (AvgIpc) is 0.842. The zero-order chi connectivity index (χ0) is 69.4. The van der Waals surface area contributed by atoms with Crippen molar-refractivity contribution in [3.63, 3.8) is 0 Å². The normalized spacial score (nSPS) is 11.7. The van der Waals surface area contributed by atoms with Crippen molar-refractivity contribution in [2.75, 3.05) is 9.80 Å². The van der Waals surface area contributed by atoms with E-state index in [0.29, 0.717) is 0 Å². The Morgan fingerprint density at radius 3 is 0.888 bits per heavy atom. The molecule has 0 N–H and O–H groups in total. The maximum atomic E-state index is 2.34. The van der Waals surface area contributed by atoms with Crippen molar-refractivity contribution in [1.82, 2.24) is 0 Å². The number of benzene rings is 12. The zero-order valence-electron chi connectivity index (χ0n) is 59.7. The number of allylic oxidation sites excluding steroid dienone is 2. The molecule has 0 saturated heterocycles. The van der Waals surface area contributed by atoms with E-state index in [-0.39, 0.29) is 21.7 Å². The molecule has 0 spiro atoms. The molecule has 0 aliphatic rings. The third-order valence-corrected chi connectivity index (χ3v) is 16.3. The Morgan fingerprint density at radius 1 is 0.235 bits per heavy atom. The molecule has 0 bridgehead atoms. The number of hydrogen-bond donors (Lipinski definition) is 0. The van der Waals surface area contributed by atoms with Crippen molar-refractivity contribution in [2.45, 2.75) is 93.9 Å². The molecule has 0 unspecified atom stereocenters. The summed E-state index contributed by atoms with van der Waals surface area (Å²) < 4.78 is 0. The maximum Gasteiger partial charge on any atom is 0.0462 e. The van der Waals surface area contributed by atoms with Gasteiger partial charge in [0.25, 0.3) is 0 Å². The molecule has 98 heavy (non-hydrogen) atoms. The van der Waals surface area contributed by atoms with Crippen LogP contribution in [-0.2, 0) is 10.8 Å². The van der Waals surface area contributed by atoms with Gasteiger partial charge in [-0.15, -0.1) is 0 Å². The summed E-state index contributed by atoms with van der Waals surface area (Å²) in [6, 6.07) is 120. The molecule has 492 valence electrons. The number of nitrogens with zero attached hydrogens (tertiary/aromatic N) is 2. The molecule has 0 aromatic heterocycles. The third kappa shape index (κ3) is 22.1. The summed E-state index contributed by atoms with van der Waals surface area (Å²) in [4.78, 5) is 4.57. The van der Waals surface area contributed by atoms with Crippen LogP contribution in [0, 0.1) is 10.8 Å². The first-order chi connectivity index (χ1) is 47.1. The fraction of sp³-hybridized carbons (Fsp3) is 0.167. The Balaban J connectivity index is 0.000000165. The van der Waals surface area contributed by atoms with E-state index in [2.05, 4.69) is 463 Å². The summed E-state index contributed by atoms with van der Waals surface area (Å²) in [7, 11) is 0. The standard InChI is InChI=1S/C36H33N.C30H29N.C18H20.C12H16/c1-36(2,3)31-17-13-14-28(26-31)27-35(29-15-7-4-8-16-29)30-22-24-34(25-23-30)37(32-18-9-5-10-19-32)33-20-11-6-12-21-33;1-30(2,3)26-12-10-11-25(23-26)18-17-24-19-21-29(22-20-24)31(27-13-6-4-7-14-27)28-15-8-5-9-16-28;1-18(2,3)14-17(15-10-6-4-7-11-15)16-12-8-5-9-13-16;1-12(2,3)10-9-11-7-5-4-6-8-11/h4-27H,1-3H3;4-23H,1-3H3;4-14H,1-3H3;4-10H,1-3H3/b35-27+;18-17+;;10-9+. The Morgan fingerprint density at radius 2 is 0.520 bits per heavy atom. The summed E-state index contributed by atoms with van der Waals surface area (Å²) >= 11 is 0. The Bertz CT molecular complexity index is 4310. The van der Waals surface area contributed by atoms with Crippen LogP contribution in [0.5, 0.6) is 0 Å². The van der Waals surface area contributed by atoms with Crippen molar-refractivity contribution >= 4 is 69.6 Å². The molecule has 0 atom stereocenters. The molecular weight excluding hydrogens is 1180 g/mol. The van der Waals surface area contributed by atoms with Crippen LogP contribution in [0.25, 0.3) is 35.5 Å². The van der Waals surface area contributed by atoms with Crippen molar-refractivity contribution in [2.24, 2.45) is 10.8 Å². The molecule has 0 heterocycles. The van der Waals surface area contributed by atoms with Gasteiger partial charge in [0, 0.05) is 34.1 Å². The number of anilines is 6. The van der Waals surface area contributed by atoms with Gasteiger partial charge in [-0.05, 0) is 167 Å². The van der Waals surface area contributed by atoms with Crippen LogP contribution < -0.4 is 9.80 Å². The van der Waals surface area contributed by atoms with Crippen LogP contribution in [-0.4, -0.2) is 0 Å². The first-order valence-electron chi connectivity index (χ1n) is 34.4. The first kappa shape index (κ1) is 71.5. The summed E-state index contributed by atoms with van der Waals surface area (Å²) in [5.41, 5.74) is 22.6. The SMILES string of the molecule is CC(C)(C)/C=C/c1ccccc1.CC(C)(C)C=C(c1ccccc1)c1ccccc1.CC(C)(C)c1cccc(/C=C(\c2ccccc2)c2ccc(N(c3ccccc3)c3ccccc3)cc2)c1.CC(C)(C)c1cccc(/C=C/c2ccc(N(c3ccccc3)c3ccccc3)cc2)c1. The van der Waals surface area contributed by atoms with Crippen LogP contribution in [0.1, 0.15) is 139 Å². The Labute approximate surface area is 588 Å². The predicted octanol–water partition coefficient (Wildman–Crippen LogP) is 27.6. The third-order valence-electron chi connectivity index (χ3n) is 16.3. The quantitative estimate of drug-likeness (QED) is 0.100. The summed E-state index contributed by atoms with van der Waals surface area (Å²) in [6.07, 6.45) is 13.4. The lowest BCUT2D eigenvalue weighted by Crippen LogP contribution is -2.10. The minimum atomic E-state index is 0.108. The van der Waals surface area contributed by atoms with E-state index in [1.807, 2.05) is 6.07 Å². The lowest BCUT2D eigenvalue weighted by molar-refractivity contribution is 0.545. The molecule has 0 saturated carbocycles. The van der Waals surface area contributed by atoms with Crippen LogP contribution in [0.15, 0.2) is 352 Å². The van der Waals surface area contributed by atoms with E-state index in [1.54, 1.807) is 0 Å². The topological polar surface area (TPSA) is 6.48 Å². The first-order valence-corrected chi connectivity index (χ1v) is 34.4. The van der Waals surface area contributed by atoms with Gasteiger partial charge in [-0.2, -0.15) is 0 Å². The van der Waals surface area contributed by atoms with Gasteiger partial charge in [0.05, 0.1) is 0 Å². The molecule has 2 heteroatoms. The lowest BCUT2D eigenvalue weighted by Gasteiger charge is -2.25. The van der Waals surface area contributed by atoms with Crippen LogP contribution in [0.2, 0.25) is 0 Å². The summed E-state index contributed by atoms with van der Waals surface area (Å²) in [6.45, 7) is 26.8. The van der Waals surface area contributed by atoms with Crippen molar-refractivity contribution in [1.29, 1.82) is 0 Å². The molecular formula is C96H98N2. The van der Waals surface area contributed by atoms with Gasteiger partial charge in [-0.1, -0.05) is 380 Å². The molecule has 12 rings (SSSR count). The van der Waals surface area contributed by atoms with Gasteiger partial charge in [-0.3, -0.25) is 0 Å². The highest BCUT2D eigenvalue weighted by atomic mass is 15.1. The molecule has 0 radical (unpaired) electrons. The van der Waals surface area contributed by atoms with Crippen molar-refractivity contribution in [3.05, 3.63) is 408 Å². The van der Waals surface area contributed by atoms with E-state index in [9.17, 15) is 0 Å². The van der Waals surface area contributed by atoms with Gasteiger partial charge in [-0.25, -0.2) is 0 Å². The zero-order valence-corrected chi connectivity index (χ0v) is 59.7. The van der Waals surface area contributed by atoms with Gasteiger partial charge in [0.15, 0.2) is 0 Å². The van der Waals surface area contributed by atoms with Gasteiger partial charge >= 0.3 is 0 Å². The van der Waals surface area contributed by atoms with Gasteiger partial charge in [0.2, 0.25) is 0 Å². The van der Waals surface area contributed by atoms with Crippen LogP contribution in [0.4, 0.5) is 34.1 Å². The van der Waals surface area contributed by atoms with Gasteiger partial charge in [0.1, 0.15) is 0 Å². The molecule has 0 fully saturated rings. The van der Waals surface area contributed by atoms with E-state index >= 15 is 0 Å². The number of rotatable bonds is 14. The van der Waals surface area contributed by atoms with Gasteiger partial charge < -0.3 is 9.80 Å². The molecule has 12 aromatic carbocycles. The highest BCUT2D eigenvalue weighted by Crippen LogP contribution is 2.38. The molecule has 0 aliphatic carbocycles.